The number of aromatic nitrogens is 2. The van der Waals surface area contributed by atoms with E-state index in [0.29, 0.717) is 48.6 Å². The van der Waals surface area contributed by atoms with Crippen molar-refractivity contribution in [3.63, 3.8) is 0 Å². The summed E-state index contributed by atoms with van der Waals surface area (Å²) in [5, 5.41) is 7.15. The van der Waals surface area contributed by atoms with Crippen LogP contribution in [-0.4, -0.2) is 71.0 Å². The van der Waals surface area contributed by atoms with Crippen LogP contribution in [0.3, 0.4) is 0 Å². The number of hydrogen-bond donors (Lipinski definition) is 1. The van der Waals surface area contributed by atoms with Crippen molar-refractivity contribution >= 4 is 40.4 Å². The third-order valence-corrected chi connectivity index (χ3v) is 5.48. The number of fused-ring (bicyclic) bond motifs is 1. The number of anilines is 2. The molecule has 1 N–H and O–H groups in total. The van der Waals surface area contributed by atoms with Crippen molar-refractivity contribution in [1.29, 1.82) is 0 Å². The van der Waals surface area contributed by atoms with Crippen LogP contribution in [0.1, 0.15) is 27.2 Å². The first kappa shape index (κ1) is 21.8. The highest BCUT2D eigenvalue weighted by Crippen LogP contribution is 2.33. The van der Waals surface area contributed by atoms with Gasteiger partial charge in [0, 0.05) is 51.6 Å². The Morgan fingerprint density at radius 3 is 2.44 bits per heavy atom. The first-order valence-corrected chi connectivity index (χ1v) is 10.5. The number of hydrogen-bond acceptors (Lipinski definition) is 6. The predicted molar refractivity (Wildman–Crippen MR) is 116 cm³/mol. The smallest absolute Gasteiger partial charge is 0.410 e. The number of nitrogens with one attached hydrogen (secondary N) is 1. The van der Waals surface area contributed by atoms with Crippen molar-refractivity contribution < 1.29 is 23.5 Å². The first-order chi connectivity index (χ1) is 15.0. The summed E-state index contributed by atoms with van der Waals surface area (Å²) in [5.41, 5.74) is 0.506. The molecule has 0 atom stereocenters. The van der Waals surface area contributed by atoms with Gasteiger partial charge in [0.1, 0.15) is 11.4 Å². The molecule has 10 nitrogen and oxygen atoms in total. The van der Waals surface area contributed by atoms with E-state index in [1.807, 2.05) is 25.7 Å². The minimum absolute atomic E-state index is 0.159. The molecule has 11 heteroatoms. The van der Waals surface area contributed by atoms with Gasteiger partial charge < -0.3 is 14.5 Å². The molecule has 0 spiro atoms. The van der Waals surface area contributed by atoms with Crippen LogP contribution in [0.15, 0.2) is 12.1 Å². The molecular formula is C21H27FN6O4. The monoisotopic (exact) mass is 446 g/mol. The van der Waals surface area contributed by atoms with Gasteiger partial charge in [-0.1, -0.05) is 0 Å². The number of aryl methyl sites for hydroxylation is 1. The van der Waals surface area contributed by atoms with Crippen molar-refractivity contribution in [1.82, 2.24) is 20.0 Å². The maximum absolute atomic E-state index is 15.1. The van der Waals surface area contributed by atoms with Gasteiger partial charge in [0.2, 0.25) is 5.91 Å². The summed E-state index contributed by atoms with van der Waals surface area (Å²) < 4.78 is 22.1. The number of nitrogens with zero attached hydrogens (tertiary/aromatic N) is 5. The average Bonchev–Trinajstić information content (AvgIpc) is 3.01. The van der Waals surface area contributed by atoms with E-state index in [0.717, 1.165) is 0 Å². The minimum atomic E-state index is -0.568. The topological polar surface area (TPSA) is 100 Å². The van der Waals surface area contributed by atoms with E-state index < -0.39 is 17.4 Å². The van der Waals surface area contributed by atoms with Crippen LogP contribution in [0.25, 0.3) is 10.9 Å². The molecule has 3 heterocycles. The Bertz CT molecular complexity index is 1080. The minimum Gasteiger partial charge on any atom is -0.444 e. The number of benzene rings is 1. The zero-order valence-electron chi connectivity index (χ0n) is 18.6. The highest BCUT2D eigenvalue weighted by Gasteiger charge is 2.30. The van der Waals surface area contributed by atoms with E-state index in [1.165, 1.54) is 11.0 Å². The molecule has 0 unspecified atom stereocenters. The molecule has 2 aromatic rings. The Hall–Kier alpha value is -3.37. The molecular weight excluding hydrogens is 419 g/mol. The molecule has 1 aromatic heterocycles. The second kappa shape index (κ2) is 7.95. The molecule has 32 heavy (non-hydrogen) atoms. The number of carbonyl (C=O) groups is 3. The normalized spacial score (nSPS) is 17.7. The van der Waals surface area contributed by atoms with E-state index in [9.17, 15) is 14.4 Å². The summed E-state index contributed by atoms with van der Waals surface area (Å²) in [6, 6.07) is 2.51. The van der Waals surface area contributed by atoms with Crippen molar-refractivity contribution in [3.05, 3.63) is 17.9 Å². The lowest BCUT2D eigenvalue weighted by atomic mass is 10.1. The highest BCUT2D eigenvalue weighted by molar-refractivity contribution is 6.09. The van der Waals surface area contributed by atoms with Gasteiger partial charge >= 0.3 is 12.1 Å². The summed E-state index contributed by atoms with van der Waals surface area (Å²) in [4.78, 5) is 40.8. The molecule has 2 fully saturated rings. The number of amides is 4. The maximum atomic E-state index is 15.1. The van der Waals surface area contributed by atoms with Crippen LogP contribution in [0.2, 0.25) is 0 Å². The molecule has 4 rings (SSSR count). The molecule has 2 aliphatic rings. The molecule has 0 saturated carbocycles. The summed E-state index contributed by atoms with van der Waals surface area (Å²) in [5.74, 6) is -0.468. The average molecular weight is 446 g/mol. The van der Waals surface area contributed by atoms with Gasteiger partial charge in [-0.05, 0) is 32.9 Å². The number of urea groups is 1. The van der Waals surface area contributed by atoms with Crippen LogP contribution >= 0.6 is 0 Å². The van der Waals surface area contributed by atoms with Crippen LogP contribution in [-0.2, 0) is 16.6 Å². The largest absolute Gasteiger partial charge is 0.444 e. The van der Waals surface area contributed by atoms with Crippen LogP contribution in [0.4, 0.5) is 25.5 Å². The quantitative estimate of drug-likeness (QED) is 0.759. The third kappa shape index (κ3) is 4.19. The second-order valence-electron chi connectivity index (χ2n) is 8.98. The Labute approximate surface area is 184 Å². The zero-order valence-corrected chi connectivity index (χ0v) is 18.6. The van der Waals surface area contributed by atoms with Gasteiger partial charge in [-0.3, -0.25) is 19.7 Å². The molecule has 0 bridgehead atoms. The zero-order chi connectivity index (χ0) is 23.2. The molecule has 0 radical (unpaired) electrons. The predicted octanol–water partition coefficient (Wildman–Crippen LogP) is 2.22. The highest BCUT2D eigenvalue weighted by atomic mass is 19.1. The van der Waals surface area contributed by atoms with Crippen LogP contribution in [0, 0.1) is 5.82 Å². The SMILES string of the molecule is Cn1nc(N2CCC(=O)NC2=O)c2cc(F)c(N3CCN(C(=O)OC(C)(C)C)CC3)cc21. The number of imide groups is 1. The molecule has 1 aromatic carbocycles. The molecule has 172 valence electrons. The number of carbonyl (C=O) groups excluding carboxylic acids is 3. The Morgan fingerprint density at radius 1 is 1.12 bits per heavy atom. The van der Waals surface area contributed by atoms with E-state index in [-0.39, 0.29) is 25.0 Å². The summed E-state index contributed by atoms with van der Waals surface area (Å²) in [6.07, 6.45) is -0.214. The lowest BCUT2D eigenvalue weighted by Gasteiger charge is -2.36. The van der Waals surface area contributed by atoms with Crippen molar-refractivity contribution in [2.45, 2.75) is 32.8 Å². The van der Waals surface area contributed by atoms with E-state index >= 15 is 4.39 Å². The van der Waals surface area contributed by atoms with Crippen molar-refractivity contribution in [3.8, 4) is 0 Å². The Balaban J connectivity index is 1.55. The fraction of sp³-hybridized carbons (Fsp3) is 0.524. The van der Waals surface area contributed by atoms with Gasteiger partial charge in [0.05, 0.1) is 11.2 Å². The molecule has 4 amide bonds. The van der Waals surface area contributed by atoms with Crippen LogP contribution in [0.5, 0.6) is 0 Å². The van der Waals surface area contributed by atoms with Gasteiger partial charge in [0.25, 0.3) is 0 Å². The van der Waals surface area contributed by atoms with Crippen molar-refractivity contribution in [2.75, 3.05) is 42.5 Å². The molecule has 2 aliphatic heterocycles. The lowest BCUT2D eigenvalue weighted by Crippen LogP contribution is -2.50. The van der Waals surface area contributed by atoms with E-state index in [2.05, 4.69) is 10.4 Å². The number of halogens is 1. The molecule has 2 saturated heterocycles. The van der Waals surface area contributed by atoms with Gasteiger partial charge in [-0.2, -0.15) is 5.10 Å². The summed E-state index contributed by atoms with van der Waals surface area (Å²) in [7, 11) is 1.72. The van der Waals surface area contributed by atoms with Gasteiger partial charge in [-0.25, -0.2) is 14.0 Å². The Morgan fingerprint density at radius 2 is 1.81 bits per heavy atom. The summed E-state index contributed by atoms with van der Waals surface area (Å²) in [6.45, 7) is 7.41. The first-order valence-electron chi connectivity index (χ1n) is 10.5. The number of piperazine rings is 1. The maximum Gasteiger partial charge on any atom is 0.410 e. The summed E-state index contributed by atoms with van der Waals surface area (Å²) >= 11 is 0. The third-order valence-electron chi connectivity index (χ3n) is 5.48. The fourth-order valence-electron chi connectivity index (χ4n) is 3.91. The fourth-order valence-corrected chi connectivity index (χ4v) is 3.91. The number of ether oxygens (including phenoxy) is 1. The van der Waals surface area contributed by atoms with Crippen LogP contribution < -0.4 is 15.1 Å². The Kier molecular flexibility index (Phi) is 5.43. The number of rotatable bonds is 2. The van der Waals surface area contributed by atoms with Gasteiger partial charge in [-0.15, -0.1) is 0 Å². The van der Waals surface area contributed by atoms with Gasteiger partial charge in [0.15, 0.2) is 5.82 Å². The van der Waals surface area contributed by atoms with Crippen molar-refractivity contribution in [2.24, 2.45) is 7.05 Å². The molecule has 0 aliphatic carbocycles. The second-order valence-corrected chi connectivity index (χ2v) is 8.98. The standard InChI is InChI=1S/C21H27FN6O4/c1-21(2,3)32-20(31)27-9-7-26(8-10-27)16-12-15-13(11-14(16)22)18(24-25(15)4)28-6-5-17(29)23-19(28)30/h11-12H,5-10H2,1-4H3,(H,23,29,30). The van der Waals surface area contributed by atoms with E-state index in [4.69, 9.17) is 4.74 Å². The van der Waals surface area contributed by atoms with E-state index in [1.54, 1.807) is 22.7 Å². The lowest BCUT2D eigenvalue weighted by molar-refractivity contribution is -0.120.